The minimum atomic E-state index is -0.245. The van der Waals surface area contributed by atoms with Gasteiger partial charge in [0.2, 0.25) is 0 Å². The molecule has 0 saturated heterocycles. The molecule has 0 fully saturated rings. The summed E-state index contributed by atoms with van der Waals surface area (Å²) in [6, 6.07) is 9.51. The lowest BCUT2D eigenvalue weighted by atomic mass is 10.2. The summed E-state index contributed by atoms with van der Waals surface area (Å²) in [6.45, 7) is 4.52. The van der Waals surface area contributed by atoms with E-state index in [9.17, 15) is 4.79 Å². The zero-order valence-corrected chi connectivity index (χ0v) is 13.7. The number of amides is 1. The van der Waals surface area contributed by atoms with Crippen molar-refractivity contribution in [3.05, 3.63) is 47.9 Å². The van der Waals surface area contributed by atoms with Crippen molar-refractivity contribution in [2.75, 3.05) is 12.4 Å². The Hall–Kier alpha value is -2.63. The van der Waals surface area contributed by atoms with E-state index in [0.29, 0.717) is 18.1 Å². The second-order valence-electron chi connectivity index (χ2n) is 5.24. The summed E-state index contributed by atoms with van der Waals surface area (Å²) in [5.74, 6) is 1.15. The number of anilines is 1. The van der Waals surface area contributed by atoms with E-state index in [1.54, 1.807) is 13.2 Å². The highest BCUT2D eigenvalue weighted by Gasteiger charge is 2.10. The summed E-state index contributed by atoms with van der Waals surface area (Å²) in [4.78, 5) is 20.4. The molecular weight excluding hydrogens is 292 g/mol. The maximum Gasteiger partial charge on any atom is 0.270 e. The van der Waals surface area contributed by atoms with Crippen LogP contribution in [-0.4, -0.2) is 29.0 Å². The fraction of sp³-hybridized carbons (Fsp3) is 0.353. The number of hydrogen-bond donors (Lipinski definition) is 2. The number of benzene rings is 1. The normalized spacial score (nSPS) is 11.6. The third kappa shape index (κ3) is 4.67. The smallest absolute Gasteiger partial charge is 0.270 e. The molecule has 2 rings (SSSR count). The zero-order valence-electron chi connectivity index (χ0n) is 13.7. The Morgan fingerprint density at radius 2 is 2.09 bits per heavy atom. The minimum absolute atomic E-state index is 0.245. The van der Waals surface area contributed by atoms with Crippen molar-refractivity contribution in [2.24, 2.45) is 0 Å². The molecule has 23 heavy (non-hydrogen) atoms. The molecule has 1 unspecified atom stereocenters. The Balaban J connectivity index is 2.02. The number of ether oxygens (including phenoxy) is 1. The van der Waals surface area contributed by atoms with Crippen molar-refractivity contribution in [3.63, 3.8) is 0 Å². The first-order valence-electron chi connectivity index (χ1n) is 7.62. The quantitative estimate of drug-likeness (QED) is 0.821. The third-order valence-electron chi connectivity index (χ3n) is 3.54. The van der Waals surface area contributed by atoms with Gasteiger partial charge in [-0.05, 0) is 19.4 Å². The minimum Gasteiger partial charge on any atom is -0.496 e. The van der Waals surface area contributed by atoms with Crippen LogP contribution < -0.4 is 15.4 Å². The second-order valence-corrected chi connectivity index (χ2v) is 5.24. The number of rotatable bonds is 7. The molecule has 1 amide bonds. The van der Waals surface area contributed by atoms with Crippen molar-refractivity contribution in [3.8, 4) is 5.75 Å². The van der Waals surface area contributed by atoms with Crippen LogP contribution in [0.25, 0.3) is 0 Å². The highest BCUT2D eigenvalue weighted by molar-refractivity contribution is 5.92. The first kappa shape index (κ1) is 16.7. The summed E-state index contributed by atoms with van der Waals surface area (Å²) in [5.41, 5.74) is 1.25. The van der Waals surface area contributed by atoms with Gasteiger partial charge in [-0.15, -0.1) is 0 Å². The van der Waals surface area contributed by atoms with Crippen LogP contribution in [0.15, 0.2) is 36.7 Å². The van der Waals surface area contributed by atoms with E-state index in [1.165, 1.54) is 6.33 Å². The van der Waals surface area contributed by atoms with Crippen LogP contribution in [0.2, 0.25) is 0 Å². The molecule has 1 atom stereocenters. The number of carbonyl (C=O) groups is 1. The number of methoxy groups -OCH3 is 1. The first-order valence-corrected chi connectivity index (χ1v) is 7.62. The lowest BCUT2D eigenvalue weighted by Crippen LogP contribution is -2.24. The van der Waals surface area contributed by atoms with Crippen molar-refractivity contribution >= 4 is 11.7 Å². The topological polar surface area (TPSA) is 76.1 Å². The fourth-order valence-electron chi connectivity index (χ4n) is 2.03. The molecule has 1 aromatic heterocycles. The summed E-state index contributed by atoms with van der Waals surface area (Å²) in [6.07, 6.45) is 2.36. The van der Waals surface area contributed by atoms with Gasteiger partial charge >= 0.3 is 0 Å². The van der Waals surface area contributed by atoms with Gasteiger partial charge in [-0.3, -0.25) is 4.79 Å². The molecule has 0 bridgehead atoms. The zero-order chi connectivity index (χ0) is 16.7. The van der Waals surface area contributed by atoms with Gasteiger partial charge in [0.25, 0.3) is 5.91 Å². The van der Waals surface area contributed by atoms with Crippen LogP contribution >= 0.6 is 0 Å². The van der Waals surface area contributed by atoms with E-state index in [0.717, 1.165) is 17.7 Å². The van der Waals surface area contributed by atoms with E-state index in [-0.39, 0.29) is 11.9 Å². The van der Waals surface area contributed by atoms with Crippen LogP contribution in [0.3, 0.4) is 0 Å². The third-order valence-corrected chi connectivity index (χ3v) is 3.54. The molecule has 2 N–H and O–H groups in total. The number of nitrogens with one attached hydrogen (secondary N) is 2. The number of para-hydroxylation sites is 1. The standard InChI is InChI=1S/C17H22N4O2/c1-4-12(2)21-16-9-14(19-11-20-16)17(22)18-10-13-7-5-6-8-15(13)23-3/h5-9,11-12H,4,10H2,1-3H3,(H,18,22)(H,19,20,21). The van der Waals surface area contributed by atoms with Crippen molar-refractivity contribution in [1.82, 2.24) is 15.3 Å². The molecule has 0 spiro atoms. The Labute approximate surface area is 136 Å². The average Bonchev–Trinajstić information content (AvgIpc) is 2.60. The van der Waals surface area contributed by atoms with Crippen LogP contribution in [0, 0.1) is 0 Å². The Morgan fingerprint density at radius 1 is 1.30 bits per heavy atom. The van der Waals surface area contributed by atoms with E-state index in [2.05, 4.69) is 34.4 Å². The summed E-state index contributed by atoms with van der Waals surface area (Å²) in [5, 5.41) is 6.08. The fourth-order valence-corrected chi connectivity index (χ4v) is 2.03. The van der Waals surface area contributed by atoms with Gasteiger partial charge in [-0.1, -0.05) is 25.1 Å². The first-order chi connectivity index (χ1) is 11.1. The van der Waals surface area contributed by atoms with E-state index >= 15 is 0 Å². The molecule has 1 aromatic carbocycles. The lowest BCUT2D eigenvalue weighted by molar-refractivity contribution is 0.0945. The molecule has 6 nitrogen and oxygen atoms in total. The van der Waals surface area contributed by atoms with Crippen LogP contribution in [0.1, 0.15) is 36.3 Å². The molecule has 0 aliphatic heterocycles. The number of carbonyl (C=O) groups excluding carboxylic acids is 1. The highest BCUT2D eigenvalue weighted by Crippen LogP contribution is 2.17. The molecule has 2 aromatic rings. The maximum absolute atomic E-state index is 12.3. The number of nitrogens with zero attached hydrogens (tertiary/aromatic N) is 2. The van der Waals surface area contributed by atoms with Crippen LogP contribution in [-0.2, 0) is 6.54 Å². The lowest BCUT2D eigenvalue weighted by Gasteiger charge is -2.12. The van der Waals surface area contributed by atoms with Crippen molar-refractivity contribution < 1.29 is 9.53 Å². The molecule has 0 aliphatic carbocycles. The Kier molecular flexibility index (Phi) is 5.91. The van der Waals surface area contributed by atoms with Gasteiger partial charge in [-0.25, -0.2) is 9.97 Å². The van der Waals surface area contributed by atoms with Gasteiger partial charge < -0.3 is 15.4 Å². The maximum atomic E-state index is 12.3. The molecule has 1 heterocycles. The Bertz CT molecular complexity index is 661. The molecular formula is C17H22N4O2. The number of hydrogen-bond acceptors (Lipinski definition) is 5. The Morgan fingerprint density at radius 3 is 2.83 bits per heavy atom. The van der Waals surface area contributed by atoms with Crippen LogP contribution in [0.5, 0.6) is 5.75 Å². The van der Waals surface area contributed by atoms with Crippen molar-refractivity contribution in [2.45, 2.75) is 32.9 Å². The van der Waals surface area contributed by atoms with Gasteiger partial charge in [0.15, 0.2) is 0 Å². The summed E-state index contributed by atoms with van der Waals surface area (Å²) >= 11 is 0. The van der Waals surface area contributed by atoms with Gasteiger partial charge in [-0.2, -0.15) is 0 Å². The highest BCUT2D eigenvalue weighted by atomic mass is 16.5. The second kappa shape index (κ2) is 8.12. The van der Waals surface area contributed by atoms with Gasteiger partial charge in [0.1, 0.15) is 23.6 Å². The van der Waals surface area contributed by atoms with E-state index in [4.69, 9.17) is 4.74 Å². The van der Waals surface area contributed by atoms with E-state index < -0.39 is 0 Å². The predicted octanol–water partition coefficient (Wildman–Crippen LogP) is 2.63. The SMILES string of the molecule is CCC(C)Nc1cc(C(=O)NCc2ccccc2OC)ncn1. The van der Waals surface area contributed by atoms with Crippen LogP contribution in [0.4, 0.5) is 5.82 Å². The van der Waals surface area contributed by atoms with Gasteiger partial charge in [0.05, 0.1) is 7.11 Å². The summed E-state index contributed by atoms with van der Waals surface area (Å²) < 4.78 is 5.27. The monoisotopic (exact) mass is 314 g/mol. The molecule has 0 radical (unpaired) electrons. The number of aromatic nitrogens is 2. The predicted molar refractivity (Wildman–Crippen MR) is 89.6 cm³/mol. The largest absolute Gasteiger partial charge is 0.496 e. The molecule has 122 valence electrons. The molecule has 0 aliphatic rings. The van der Waals surface area contributed by atoms with E-state index in [1.807, 2.05) is 24.3 Å². The van der Waals surface area contributed by atoms with Crippen molar-refractivity contribution in [1.29, 1.82) is 0 Å². The summed E-state index contributed by atoms with van der Waals surface area (Å²) in [7, 11) is 1.61. The molecule has 6 heteroatoms. The molecule has 0 saturated carbocycles. The van der Waals surface area contributed by atoms with Gasteiger partial charge in [0, 0.05) is 24.2 Å². The average molecular weight is 314 g/mol.